The quantitative estimate of drug-likeness (QED) is 0.597. The number of aldehydes is 1. The predicted octanol–water partition coefficient (Wildman–Crippen LogP) is 0.767. The number of alkyl halides is 2. The van der Waals surface area contributed by atoms with E-state index in [2.05, 4.69) is 9.97 Å². The fourth-order valence-corrected chi connectivity index (χ4v) is 0.539. The molecule has 0 bridgehead atoms. The first-order valence-electron chi connectivity index (χ1n) is 2.76. The lowest BCUT2D eigenvalue weighted by Gasteiger charge is -2.05. The number of carbonyl (C=O) groups excluding carboxylic acids is 1. The standard InChI is InChI=1S/C6H4F2N2O/c7-6(8,3-11)5-1-9-4-10-2-5/h1-4H. The van der Waals surface area contributed by atoms with Crippen molar-refractivity contribution in [1.82, 2.24) is 9.97 Å². The second-order valence-electron chi connectivity index (χ2n) is 1.87. The summed E-state index contributed by atoms with van der Waals surface area (Å²) in [5, 5.41) is 0. The first-order chi connectivity index (χ1) is 5.17. The fourth-order valence-electron chi connectivity index (χ4n) is 0.539. The molecule has 0 atom stereocenters. The van der Waals surface area contributed by atoms with E-state index in [1.807, 2.05) is 0 Å². The molecule has 1 rings (SSSR count). The first-order valence-corrected chi connectivity index (χ1v) is 2.76. The van der Waals surface area contributed by atoms with Gasteiger partial charge in [0.15, 0.2) is 6.29 Å². The zero-order valence-electron chi connectivity index (χ0n) is 5.37. The summed E-state index contributed by atoms with van der Waals surface area (Å²) in [6.45, 7) is 0. The van der Waals surface area contributed by atoms with Crippen LogP contribution in [0.15, 0.2) is 18.7 Å². The highest BCUT2D eigenvalue weighted by atomic mass is 19.3. The summed E-state index contributed by atoms with van der Waals surface area (Å²) in [6, 6.07) is 0. The summed E-state index contributed by atoms with van der Waals surface area (Å²) < 4.78 is 24.9. The summed E-state index contributed by atoms with van der Waals surface area (Å²) >= 11 is 0. The number of rotatable bonds is 2. The molecule has 0 aliphatic heterocycles. The molecule has 0 saturated carbocycles. The summed E-state index contributed by atoms with van der Waals surface area (Å²) in [4.78, 5) is 16.5. The Morgan fingerprint density at radius 1 is 1.36 bits per heavy atom. The van der Waals surface area contributed by atoms with Gasteiger partial charge in [-0.05, 0) is 0 Å². The Morgan fingerprint density at radius 2 is 1.91 bits per heavy atom. The van der Waals surface area contributed by atoms with Crippen molar-refractivity contribution in [3.63, 3.8) is 0 Å². The van der Waals surface area contributed by atoms with Crippen molar-refractivity contribution < 1.29 is 13.6 Å². The van der Waals surface area contributed by atoms with E-state index < -0.39 is 17.8 Å². The molecule has 0 aromatic carbocycles. The summed E-state index contributed by atoms with van der Waals surface area (Å²) in [7, 11) is 0. The van der Waals surface area contributed by atoms with Crippen molar-refractivity contribution in [2.24, 2.45) is 0 Å². The zero-order chi connectivity index (χ0) is 8.32. The van der Waals surface area contributed by atoms with Crippen LogP contribution in [-0.2, 0) is 10.7 Å². The highest BCUT2D eigenvalue weighted by Gasteiger charge is 2.31. The van der Waals surface area contributed by atoms with Gasteiger partial charge in [-0.1, -0.05) is 0 Å². The van der Waals surface area contributed by atoms with Crippen LogP contribution in [0.25, 0.3) is 0 Å². The summed E-state index contributed by atoms with van der Waals surface area (Å²) in [6.07, 6.45) is 2.48. The second-order valence-corrected chi connectivity index (χ2v) is 1.87. The van der Waals surface area contributed by atoms with Crippen LogP contribution in [-0.4, -0.2) is 16.3 Å². The smallest absolute Gasteiger partial charge is 0.296 e. The molecule has 0 N–H and O–H groups in total. The largest absolute Gasteiger partial charge is 0.330 e. The van der Waals surface area contributed by atoms with Crippen LogP contribution in [0, 0.1) is 0 Å². The molecule has 0 amide bonds. The molecule has 0 aliphatic carbocycles. The minimum atomic E-state index is -3.47. The molecule has 5 heteroatoms. The molecule has 0 saturated heterocycles. The van der Waals surface area contributed by atoms with Crippen molar-refractivity contribution in [3.8, 4) is 0 Å². The van der Waals surface area contributed by atoms with Crippen molar-refractivity contribution in [2.45, 2.75) is 5.92 Å². The van der Waals surface area contributed by atoms with E-state index in [4.69, 9.17) is 0 Å². The van der Waals surface area contributed by atoms with E-state index >= 15 is 0 Å². The third-order valence-corrected chi connectivity index (χ3v) is 1.09. The molecule has 11 heavy (non-hydrogen) atoms. The van der Waals surface area contributed by atoms with Crippen molar-refractivity contribution >= 4 is 6.29 Å². The van der Waals surface area contributed by atoms with Gasteiger partial charge >= 0.3 is 5.92 Å². The number of hydrogen-bond donors (Lipinski definition) is 0. The van der Waals surface area contributed by atoms with Crippen LogP contribution in [0.4, 0.5) is 8.78 Å². The molecular weight excluding hydrogens is 154 g/mol. The van der Waals surface area contributed by atoms with Crippen molar-refractivity contribution in [2.75, 3.05) is 0 Å². The Bertz CT molecular complexity index is 250. The Balaban J connectivity index is 3.02. The lowest BCUT2D eigenvalue weighted by Crippen LogP contribution is -2.15. The molecule has 1 aromatic rings. The van der Waals surface area contributed by atoms with E-state index in [1.165, 1.54) is 0 Å². The topological polar surface area (TPSA) is 42.9 Å². The number of aromatic nitrogens is 2. The van der Waals surface area contributed by atoms with E-state index in [0.29, 0.717) is 0 Å². The molecule has 0 unspecified atom stereocenters. The van der Waals surface area contributed by atoms with Crippen LogP contribution in [0.1, 0.15) is 5.56 Å². The van der Waals surface area contributed by atoms with Gasteiger partial charge in [-0.3, -0.25) is 4.79 Å². The number of hydrogen-bond acceptors (Lipinski definition) is 3. The summed E-state index contributed by atoms with van der Waals surface area (Å²) in [5.41, 5.74) is -0.491. The minimum absolute atomic E-state index is 0.439. The third-order valence-electron chi connectivity index (χ3n) is 1.09. The second kappa shape index (κ2) is 2.69. The van der Waals surface area contributed by atoms with Crippen LogP contribution < -0.4 is 0 Å². The third kappa shape index (κ3) is 1.54. The lowest BCUT2D eigenvalue weighted by atomic mass is 10.2. The van der Waals surface area contributed by atoms with Gasteiger partial charge in [0.05, 0.1) is 5.56 Å². The molecule has 0 spiro atoms. The van der Waals surface area contributed by atoms with Gasteiger partial charge in [-0.15, -0.1) is 0 Å². The molecule has 0 aliphatic rings. The van der Waals surface area contributed by atoms with Gasteiger partial charge in [0.1, 0.15) is 6.33 Å². The van der Waals surface area contributed by atoms with E-state index in [1.54, 1.807) is 0 Å². The fraction of sp³-hybridized carbons (Fsp3) is 0.167. The van der Waals surface area contributed by atoms with E-state index in [-0.39, 0.29) is 0 Å². The molecule has 1 heterocycles. The highest BCUT2D eigenvalue weighted by Crippen LogP contribution is 2.22. The SMILES string of the molecule is O=CC(F)(F)c1cncnc1. The van der Waals surface area contributed by atoms with Gasteiger partial charge in [0, 0.05) is 12.4 Å². The van der Waals surface area contributed by atoms with Gasteiger partial charge in [-0.25, -0.2) is 9.97 Å². The number of nitrogens with zero attached hydrogens (tertiary/aromatic N) is 2. The van der Waals surface area contributed by atoms with E-state index in [0.717, 1.165) is 18.7 Å². The maximum atomic E-state index is 12.4. The Labute approximate surface area is 61.1 Å². The molecule has 0 fully saturated rings. The van der Waals surface area contributed by atoms with Crippen LogP contribution >= 0.6 is 0 Å². The van der Waals surface area contributed by atoms with Crippen LogP contribution in [0.5, 0.6) is 0 Å². The molecule has 3 nitrogen and oxygen atoms in total. The van der Waals surface area contributed by atoms with Gasteiger partial charge in [0.2, 0.25) is 0 Å². The maximum absolute atomic E-state index is 12.4. The normalized spacial score (nSPS) is 11.1. The minimum Gasteiger partial charge on any atom is -0.296 e. The Kier molecular flexibility index (Phi) is 1.89. The van der Waals surface area contributed by atoms with Crippen LogP contribution in [0.3, 0.4) is 0 Å². The van der Waals surface area contributed by atoms with Crippen molar-refractivity contribution in [1.29, 1.82) is 0 Å². The Morgan fingerprint density at radius 3 is 2.36 bits per heavy atom. The monoisotopic (exact) mass is 158 g/mol. The van der Waals surface area contributed by atoms with E-state index in [9.17, 15) is 13.6 Å². The van der Waals surface area contributed by atoms with Gasteiger partial charge < -0.3 is 0 Å². The zero-order valence-corrected chi connectivity index (χ0v) is 5.37. The van der Waals surface area contributed by atoms with Crippen molar-refractivity contribution in [3.05, 3.63) is 24.3 Å². The van der Waals surface area contributed by atoms with Crippen LogP contribution in [0.2, 0.25) is 0 Å². The molecule has 0 radical (unpaired) electrons. The molecule has 1 aromatic heterocycles. The lowest BCUT2D eigenvalue weighted by molar-refractivity contribution is -0.130. The molecule has 58 valence electrons. The molecular formula is C6H4F2N2O. The average molecular weight is 158 g/mol. The number of carbonyl (C=O) groups is 1. The van der Waals surface area contributed by atoms with Gasteiger partial charge in [-0.2, -0.15) is 8.78 Å². The average Bonchev–Trinajstić information content (AvgIpc) is 2.06. The summed E-state index contributed by atoms with van der Waals surface area (Å²) in [5.74, 6) is -3.47. The highest BCUT2D eigenvalue weighted by molar-refractivity contribution is 5.62. The predicted molar refractivity (Wildman–Crippen MR) is 32.0 cm³/mol. The first kappa shape index (κ1) is 7.71. The Hall–Kier alpha value is -1.39. The number of halogens is 2. The van der Waals surface area contributed by atoms with Gasteiger partial charge in [0.25, 0.3) is 0 Å². The maximum Gasteiger partial charge on any atom is 0.330 e.